The Morgan fingerprint density at radius 1 is 1.00 bits per heavy atom. The van der Waals surface area contributed by atoms with Crippen molar-refractivity contribution in [3.63, 3.8) is 0 Å². The molecule has 1 aliphatic heterocycles. The number of H-pyrrole nitrogens is 1. The number of hydrogen-bond donors (Lipinski definition) is 2. The zero-order valence-electron chi connectivity index (χ0n) is 15.4. The second-order valence-corrected chi connectivity index (χ2v) is 7.05. The van der Waals surface area contributed by atoms with Crippen LogP contribution in [0.3, 0.4) is 0 Å². The van der Waals surface area contributed by atoms with Crippen molar-refractivity contribution in [2.75, 3.05) is 11.9 Å². The zero-order chi connectivity index (χ0) is 18.9. The molecule has 5 nitrogen and oxygen atoms in total. The first-order valence-corrected chi connectivity index (χ1v) is 9.43. The molecule has 0 unspecified atom stereocenters. The second-order valence-electron chi connectivity index (χ2n) is 7.05. The summed E-state index contributed by atoms with van der Waals surface area (Å²) >= 11 is 0. The molecule has 1 aliphatic rings. The van der Waals surface area contributed by atoms with Crippen LogP contribution in [-0.4, -0.2) is 27.4 Å². The normalized spacial score (nSPS) is 13.4. The number of aromatic amines is 1. The Hall–Kier alpha value is -3.60. The topological polar surface area (TPSA) is 61.0 Å². The maximum atomic E-state index is 12.8. The highest BCUT2D eigenvalue weighted by Gasteiger charge is 2.22. The van der Waals surface area contributed by atoms with E-state index in [0.717, 1.165) is 17.5 Å². The van der Waals surface area contributed by atoms with Gasteiger partial charge in [0, 0.05) is 25.5 Å². The highest BCUT2D eigenvalue weighted by atomic mass is 16.2. The standard InChI is InChI=1S/C23H20N4O/c28-23(26-21-14-25-20-7-4-11-24-22(20)21)27-12-10-18-13-17(8-9-19(18)15-27)16-5-2-1-3-6-16/h1-9,11,13-14,25H,10,12,15H2,(H,26,28). The summed E-state index contributed by atoms with van der Waals surface area (Å²) in [6.45, 7) is 1.32. The number of amides is 2. The number of nitrogens with one attached hydrogen (secondary N) is 2. The van der Waals surface area contributed by atoms with Gasteiger partial charge in [-0.3, -0.25) is 4.98 Å². The monoisotopic (exact) mass is 368 g/mol. The van der Waals surface area contributed by atoms with Crippen molar-refractivity contribution in [1.82, 2.24) is 14.9 Å². The van der Waals surface area contributed by atoms with Gasteiger partial charge in [-0.2, -0.15) is 0 Å². The van der Waals surface area contributed by atoms with Crippen molar-refractivity contribution >= 4 is 22.8 Å². The van der Waals surface area contributed by atoms with Crippen LogP contribution in [0.25, 0.3) is 22.2 Å². The molecular weight excluding hydrogens is 348 g/mol. The van der Waals surface area contributed by atoms with Crippen LogP contribution in [0.2, 0.25) is 0 Å². The van der Waals surface area contributed by atoms with Crippen LogP contribution in [0.5, 0.6) is 0 Å². The van der Waals surface area contributed by atoms with E-state index in [1.807, 2.05) is 23.1 Å². The van der Waals surface area contributed by atoms with E-state index in [9.17, 15) is 4.79 Å². The predicted molar refractivity (Wildman–Crippen MR) is 111 cm³/mol. The SMILES string of the molecule is O=C(Nc1c[nH]c2cccnc12)N1CCc2cc(-c3ccccc3)ccc2C1. The van der Waals surface area contributed by atoms with Gasteiger partial charge in [0.05, 0.1) is 11.2 Å². The van der Waals surface area contributed by atoms with E-state index in [1.54, 1.807) is 12.4 Å². The van der Waals surface area contributed by atoms with Crippen molar-refractivity contribution in [3.8, 4) is 11.1 Å². The smallest absolute Gasteiger partial charge is 0.322 e. The second kappa shape index (κ2) is 6.85. The fourth-order valence-electron chi connectivity index (χ4n) is 3.78. The third kappa shape index (κ3) is 3.01. The van der Waals surface area contributed by atoms with Gasteiger partial charge in [-0.1, -0.05) is 48.5 Å². The maximum absolute atomic E-state index is 12.8. The number of hydrogen-bond acceptors (Lipinski definition) is 2. The molecule has 0 bridgehead atoms. The molecule has 5 rings (SSSR count). The highest BCUT2D eigenvalue weighted by Crippen LogP contribution is 2.27. The number of anilines is 1. The molecule has 2 aromatic heterocycles. The van der Waals surface area contributed by atoms with Gasteiger partial charge in [0.2, 0.25) is 0 Å². The van der Waals surface area contributed by atoms with E-state index < -0.39 is 0 Å². The van der Waals surface area contributed by atoms with Gasteiger partial charge >= 0.3 is 6.03 Å². The summed E-state index contributed by atoms with van der Waals surface area (Å²) < 4.78 is 0. The predicted octanol–water partition coefficient (Wildman–Crippen LogP) is 4.82. The van der Waals surface area contributed by atoms with Crippen LogP contribution in [0.4, 0.5) is 10.5 Å². The summed E-state index contributed by atoms with van der Waals surface area (Å²) in [5.41, 5.74) is 7.37. The molecule has 0 saturated carbocycles. The number of fused-ring (bicyclic) bond motifs is 2. The quantitative estimate of drug-likeness (QED) is 0.533. The molecule has 2 N–H and O–H groups in total. The van der Waals surface area contributed by atoms with Crippen LogP contribution in [0.1, 0.15) is 11.1 Å². The third-order valence-corrected chi connectivity index (χ3v) is 5.29. The Kier molecular flexibility index (Phi) is 4.05. The zero-order valence-corrected chi connectivity index (χ0v) is 15.4. The van der Waals surface area contributed by atoms with Gasteiger partial charge in [-0.05, 0) is 40.8 Å². The molecule has 138 valence electrons. The number of urea groups is 1. The average Bonchev–Trinajstić information content (AvgIpc) is 3.16. The first kappa shape index (κ1) is 16.6. The lowest BCUT2D eigenvalue weighted by molar-refractivity contribution is 0.206. The van der Waals surface area contributed by atoms with Crippen LogP contribution in [-0.2, 0) is 13.0 Å². The Balaban J connectivity index is 1.33. The van der Waals surface area contributed by atoms with Gasteiger partial charge in [-0.15, -0.1) is 0 Å². The van der Waals surface area contributed by atoms with Gasteiger partial charge in [0.15, 0.2) is 0 Å². The van der Waals surface area contributed by atoms with Gasteiger partial charge < -0.3 is 15.2 Å². The molecule has 0 aliphatic carbocycles. The third-order valence-electron chi connectivity index (χ3n) is 5.29. The summed E-state index contributed by atoms with van der Waals surface area (Å²) in [5, 5.41) is 3.00. The Morgan fingerprint density at radius 3 is 2.79 bits per heavy atom. The minimum absolute atomic E-state index is 0.0932. The Bertz CT molecular complexity index is 1150. The minimum Gasteiger partial charge on any atom is -0.358 e. The van der Waals surface area contributed by atoms with Crippen molar-refractivity contribution in [2.24, 2.45) is 0 Å². The van der Waals surface area contributed by atoms with E-state index in [1.165, 1.54) is 22.3 Å². The van der Waals surface area contributed by atoms with E-state index in [2.05, 4.69) is 57.7 Å². The molecule has 5 heteroatoms. The first-order chi connectivity index (χ1) is 13.8. The summed E-state index contributed by atoms with van der Waals surface area (Å²) in [7, 11) is 0. The summed E-state index contributed by atoms with van der Waals surface area (Å²) in [6.07, 6.45) is 4.38. The number of pyridine rings is 1. The number of rotatable bonds is 2. The average molecular weight is 368 g/mol. The fourth-order valence-corrected chi connectivity index (χ4v) is 3.78. The van der Waals surface area contributed by atoms with Crippen LogP contribution in [0, 0.1) is 0 Å². The summed E-state index contributed by atoms with van der Waals surface area (Å²) in [5.74, 6) is 0. The molecule has 2 aromatic carbocycles. The molecule has 3 heterocycles. The molecule has 0 saturated heterocycles. The number of aromatic nitrogens is 2. The number of benzene rings is 2. The highest BCUT2D eigenvalue weighted by molar-refractivity contribution is 5.99. The first-order valence-electron chi connectivity index (χ1n) is 9.43. The van der Waals surface area contributed by atoms with Crippen molar-refractivity contribution in [1.29, 1.82) is 0 Å². The molecule has 0 fully saturated rings. The fraction of sp³-hybridized carbons (Fsp3) is 0.130. The summed E-state index contributed by atoms with van der Waals surface area (Å²) in [6, 6.07) is 20.6. The molecule has 0 radical (unpaired) electrons. The van der Waals surface area contributed by atoms with Gasteiger partial charge in [0.25, 0.3) is 0 Å². The minimum atomic E-state index is -0.0932. The summed E-state index contributed by atoms with van der Waals surface area (Å²) in [4.78, 5) is 22.1. The van der Waals surface area contributed by atoms with Crippen molar-refractivity contribution < 1.29 is 4.79 Å². The molecule has 4 aromatic rings. The number of nitrogens with zero attached hydrogens (tertiary/aromatic N) is 2. The largest absolute Gasteiger partial charge is 0.358 e. The molecule has 28 heavy (non-hydrogen) atoms. The lowest BCUT2D eigenvalue weighted by Crippen LogP contribution is -2.38. The molecule has 0 atom stereocenters. The van der Waals surface area contributed by atoms with Crippen molar-refractivity contribution in [3.05, 3.63) is 84.2 Å². The molecule has 2 amide bonds. The maximum Gasteiger partial charge on any atom is 0.322 e. The van der Waals surface area contributed by atoms with Crippen LogP contribution in [0.15, 0.2) is 73.1 Å². The Morgan fingerprint density at radius 2 is 1.89 bits per heavy atom. The number of carbonyl (C=O) groups excluding carboxylic acids is 1. The Labute approximate surface area is 163 Å². The van der Waals surface area contributed by atoms with E-state index in [0.29, 0.717) is 18.8 Å². The number of carbonyl (C=O) groups is 1. The van der Waals surface area contributed by atoms with E-state index in [-0.39, 0.29) is 6.03 Å². The van der Waals surface area contributed by atoms with Gasteiger partial charge in [-0.25, -0.2) is 4.79 Å². The lowest BCUT2D eigenvalue weighted by Gasteiger charge is -2.29. The molecular formula is C23H20N4O. The van der Waals surface area contributed by atoms with Gasteiger partial charge in [0.1, 0.15) is 5.52 Å². The molecule has 0 spiro atoms. The van der Waals surface area contributed by atoms with Crippen LogP contribution >= 0.6 is 0 Å². The van der Waals surface area contributed by atoms with E-state index in [4.69, 9.17) is 0 Å². The van der Waals surface area contributed by atoms with Crippen LogP contribution < -0.4 is 5.32 Å². The lowest BCUT2D eigenvalue weighted by atomic mass is 9.95. The van der Waals surface area contributed by atoms with E-state index >= 15 is 0 Å². The van der Waals surface area contributed by atoms with Crippen molar-refractivity contribution in [2.45, 2.75) is 13.0 Å².